The van der Waals surface area contributed by atoms with Gasteiger partial charge in [0.05, 0.1) is 25.3 Å². The van der Waals surface area contributed by atoms with E-state index in [-0.39, 0.29) is 18.4 Å². The van der Waals surface area contributed by atoms with Crippen molar-refractivity contribution in [3.63, 3.8) is 0 Å². The largest absolute Gasteiger partial charge is 0.494 e. The Labute approximate surface area is 158 Å². The molecule has 1 heterocycles. The molecule has 0 aliphatic carbocycles. The van der Waals surface area contributed by atoms with Crippen LogP contribution in [0.2, 0.25) is 0 Å². The number of nitrogens with zero attached hydrogens (tertiary/aromatic N) is 1. The number of ether oxygens (including phenoxy) is 2. The number of urea groups is 1. The van der Waals surface area contributed by atoms with E-state index in [1.807, 2.05) is 18.9 Å². The lowest BCUT2D eigenvalue weighted by Gasteiger charge is -2.30. The van der Waals surface area contributed by atoms with Gasteiger partial charge in [0.2, 0.25) is 0 Å². The highest BCUT2D eigenvalue weighted by Crippen LogP contribution is 2.20. The van der Waals surface area contributed by atoms with E-state index in [9.17, 15) is 14.0 Å². The minimum absolute atomic E-state index is 0.185. The Balaban J connectivity index is 2.20. The highest BCUT2D eigenvalue weighted by molar-refractivity contribution is 5.94. The van der Waals surface area contributed by atoms with Crippen LogP contribution in [-0.4, -0.2) is 50.3 Å². The summed E-state index contributed by atoms with van der Waals surface area (Å²) in [5.41, 5.74) is 1.67. The summed E-state index contributed by atoms with van der Waals surface area (Å²) in [6, 6.07) is 4.00. The van der Waals surface area contributed by atoms with Gasteiger partial charge >= 0.3 is 12.0 Å². The van der Waals surface area contributed by atoms with Crippen LogP contribution in [0.4, 0.5) is 9.18 Å². The van der Waals surface area contributed by atoms with E-state index in [4.69, 9.17) is 9.47 Å². The minimum Gasteiger partial charge on any atom is -0.494 e. The second kappa shape index (κ2) is 9.36. The first-order valence-electron chi connectivity index (χ1n) is 8.88. The fourth-order valence-electron chi connectivity index (χ4n) is 3.03. The molecule has 7 nitrogen and oxygen atoms in total. The molecule has 1 atom stereocenters. The summed E-state index contributed by atoms with van der Waals surface area (Å²) in [7, 11) is 3.24. The number of hydrogen-bond donors (Lipinski definition) is 2. The summed E-state index contributed by atoms with van der Waals surface area (Å²) in [4.78, 5) is 26.2. The molecule has 1 aromatic rings. The van der Waals surface area contributed by atoms with Gasteiger partial charge in [-0.25, -0.2) is 14.0 Å². The van der Waals surface area contributed by atoms with Gasteiger partial charge in [0.25, 0.3) is 0 Å². The van der Waals surface area contributed by atoms with Crippen LogP contribution in [0.3, 0.4) is 0 Å². The summed E-state index contributed by atoms with van der Waals surface area (Å²) in [5, 5.41) is 5.45. The molecule has 1 aliphatic rings. The van der Waals surface area contributed by atoms with E-state index >= 15 is 0 Å². The molecule has 0 radical (unpaired) electrons. The molecule has 148 valence electrons. The van der Waals surface area contributed by atoms with Crippen LogP contribution in [0.15, 0.2) is 29.5 Å². The van der Waals surface area contributed by atoms with Crippen LogP contribution in [0.25, 0.3) is 0 Å². The summed E-state index contributed by atoms with van der Waals surface area (Å²) in [5.74, 6) is -0.697. The number of benzene rings is 1. The molecule has 1 aliphatic heterocycles. The van der Waals surface area contributed by atoms with Gasteiger partial charge < -0.3 is 20.1 Å². The van der Waals surface area contributed by atoms with Crippen molar-refractivity contribution in [2.75, 3.05) is 27.3 Å². The zero-order chi connectivity index (χ0) is 20.0. The summed E-state index contributed by atoms with van der Waals surface area (Å²) in [6.07, 6.45) is 0.568. The molecule has 0 unspecified atom stereocenters. The van der Waals surface area contributed by atoms with Crippen molar-refractivity contribution in [3.8, 4) is 5.75 Å². The Kier molecular flexibility index (Phi) is 7.18. The third-order valence-electron chi connectivity index (χ3n) is 4.24. The number of methoxy groups -OCH3 is 1. The maximum Gasteiger partial charge on any atom is 0.337 e. The lowest BCUT2D eigenvalue weighted by molar-refractivity contribution is -0.139. The molecule has 0 fully saturated rings. The third kappa shape index (κ3) is 5.19. The first kappa shape index (κ1) is 20.7. The van der Waals surface area contributed by atoms with E-state index in [2.05, 4.69) is 10.6 Å². The van der Waals surface area contributed by atoms with Crippen LogP contribution in [-0.2, 0) is 16.1 Å². The smallest absolute Gasteiger partial charge is 0.337 e. The number of carbonyl (C=O) groups is 2. The summed E-state index contributed by atoms with van der Waals surface area (Å²) in [6.45, 7) is 4.61. The third-order valence-corrected chi connectivity index (χ3v) is 4.24. The fourth-order valence-corrected chi connectivity index (χ4v) is 3.03. The van der Waals surface area contributed by atoms with Crippen molar-refractivity contribution in [1.82, 2.24) is 15.5 Å². The quantitative estimate of drug-likeness (QED) is 0.677. The van der Waals surface area contributed by atoms with E-state index in [1.54, 1.807) is 19.1 Å². The SMILES string of the molecule is CCOC(=O)C1=C(CN(C)Cc2ccc(OC)c(F)c2)NC(=O)N[C@@H]1CC. The lowest BCUT2D eigenvalue weighted by atomic mass is 10.00. The maximum atomic E-state index is 13.9. The van der Waals surface area contributed by atoms with Crippen molar-refractivity contribution in [2.45, 2.75) is 32.9 Å². The molecule has 0 saturated carbocycles. The minimum atomic E-state index is -0.448. The van der Waals surface area contributed by atoms with Gasteiger partial charge in [-0.3, -0.25) is 4.90 Å². The monoisotopic (exact) mass is 379 g/mol. The number of amides is 2. The Morgan fingerprint density at radius 3 is 2.63 bits per heavy atom. The van der Waals surface area contributed by atoms with Gasteiger partial charge in [-0.05, 0) is 38.1 Å². The van der Waals surface area contributed by atoms with Gasteiger partial charge in [0, 0.05) is 18.8 Å². The number of carbonyl (C=O) groups excluding carboxylic acids is 2. The normalized spacial score (nSPS) is 16.8. The topological polar surface area (TPSA) is 79.9 Å². The van der Waals surface area contributed by atoms with Crippen LogP contribution >= 0.6 is 0 Å². The highest BCUT2D eigenvalue weighted by atomic mass is 19.1. The average Bonchev–Trinajstić information content (AvgIpc) is 2.61. The van der Waals surface area contributed by atoms with E-state index in [0.29, 0.717) is 30.8 Å². The molecule has 8 heteroatoms. The molecule has 2 rings (SSSR count). The first-order valence-corrected chi connectivity index (χ1v) is 8.88. The van der Waals surface area contributed by atoms with E-state index in [0.717, 1.165) is 5.56 Å². The van der Waals surface area contributed by atoms with E-state index < -0.39 is 17.8 Å². The molecular formula is C19H26FN3O4. The molecule has 27 heavy (non-hydrogen) atoms. The Morgan fingerprint density at radius 2 is 2.04 bits per heavy atom. The number of nitrogens with one attached hydrogen (secondary N) is 2. The molecule has 2 N–H and O–H groups in total. The van der Waals surface area contributed by atoms with Crippen molar-refractivity contribution in [1.29, 1.82) is 0 Å². The van der Waals surface area contributed by atoms with Crippen LogP contribution in [0.1, 0.15) is 25.8 Å². The zero-order valence-corrected chi connectivity index (χ0v) is 16.1. The molecule has 1 aromatic carbocycles. The van der Waals surface area contributed by atoms with Gasteiger partial charge in [0.1, 0.15) is 0 Å². The maximum absolute atomic E-state index is 13.9. The van der Waals surface area contributed by atoms with Gasteiger partial charge in [-0.1, -0.05) is 13.0 Å². The molecule has 0 saturated heterocycles. The fraction of sp³-hybridized carbons (Fsp3) is 0.474. The number of esters is 1. The Hall–Kier alpha value is -2.61. The average molecular weight is 379 g/mol. The molecular weight excluding hydrogens is 353 g/mol. The van der Waals surface area contributed by atoms with Gasteiger partial charge in [-0.15, -0.1) is 0 Å². The second-order valence-corrected chi connectivity index (χ2v) is 6.31. The highest BCUT2D eigenvalue weighted by Gasteiger charge is 2.31. The van der Waals surface area contributed by atoms with Crippen molar-refractivity contribution in [2.24, 2.45) is 0 Å². The Morgan fingerprint density at radius 1 is 1.30 bits per heavy atom. The lowest BCUT2D eigenvalue weighted by Crippen LogP contribution is -2.51. The number of rotatable bonds is 8. The molecule has 0 spiro atoms. The van der Waals surface area contributed by atoms with Crippen molar-refractivity contribution < 1.29 is 23.5 Å². The van der Waals surface area contributed by atoms with Crippen LogP contribution < -0.4 is 15.4 Å². The second-order valence-electron chi connectivity index (χ2n) is 6.31. The number of hydrogen-bond acceptors (Lipinski definition) is 5. The van der Waals surface area contributed by atoms with Crippen LogP contribution in [0.5, 0.6) is 5.75 Å². The molecule has 0 bridgehead atoms. The predicted octanol–water partition coefficient (Wildman–Crippen LogP) is 2.17. The number of halogens is 1. The number of likely N-dealkylation sites (N-methyl/N-ethyl adjacent to an activating group) is 1. The standard InChI is InChI=1S/C19H26FN3O4/c1-5-14-17(18(24)27-6-2)15(22-19(25)21-14)11-23(3)10-12-7-8-16(26-4)13(20)9-12/h7-9,14H,5-6,10-11H2,1-4H3,(H2,21,22,25)/t14-/m1/s1. The zero-order valence-electron chi connectivity index (χ0n) is 16.1. The summed E-state index contributed by atoms with van der Waals surface area (Å²) >= 11 is 0. The predicted molar refractivity (Wildman–Crippen MR) is 98.7 cm³/mol. The van der Waals surface area contributed by atoms with Crippen molar-refractivity contribution in [3.05, 3.63) is 40.8 Å². The van der Waals surface area contributed by atoms with Gasteiger partial charge in [-0.2, -0.15) is 0 Å². The molecule has 0 aromatic heterocycles. The van der Waals surface area contributed by atoms with Gasteiger partial charge in [0.15, 0.2) is 11.6 Å². The first-order chi connectivity index (χ1) is 12.9. The molecule has 2 amide bonds. The Bertz CT molecular complexity index is 736. The summed E-state index contributed by atoms with van der Waals surface area (Å²) < 4.78 is 24.0. The van der Waals surface area contributed by atoms with Crippen LogP contribution in [0, 0.1) is 5.82 Å². The van der Waals surface area contributed by atoms with Crippen molar-refractivity contribution >= 4 is 12.0 Å². The van der Waals surface area contributed by atoms with E-state index in [1.165, 1.54) is 13.2 Å².